The van der Waals surface area contributed by atoms with Gasteiger partial charge in [0.15, 0.2) is 0 Å². The average molecular weight is 224 g/mol. The third-order valence-electron chi connectivity index (χ3n) is 3.62. The molecule has 4 nitrogen and oxygen atoms in total. The number of hydrogen-bond acceptors (Lipinski definition) is 3. The van der Waals surface area contributed by atoms with Crippen molar-refractivity contribution < 1.29 is 9.84 Å². The SMILES string of the molecule is CCC1(C)CC(O)(c2nccn2C)CCO1. The second-order valence-electron chi connectivity index (χ2n) is 4.97. The molecule has 2 rings (SSSR count). The summed E-state index contributed by atoms with van der Waals surface area (Å²) >= 11 is 0. The maximum absolute atomic E-state index is 10.7. The van der Waals surface area contributed by atoms with Crippen LogP contribution in [0, 0.1) is 0 Å². The molecule has 2 heterocycles. The third-order valence-corrected chi connectivity index (χ3v) is 3.62. The standard InChI is InChI=1S/C12H20N2O2/c1-4-11(2)9-12(15,5-8-16-11)10-13-6-7-14(10)3/h6-7,15H,4-5,8-9H2,1-3H3. The second kappa shape index (κ2) is 3.86. The molecule has 1 fully saturated rings. The van der Waals surface area contributed by atoms with Crippen LogP contribution in [0.3, 0.4) is 0 Å². The Balaban J connectivity index is 2.29. The lowest BCUT2D eigenvalue weighted by Gasteiger charge is -2.42. The van der Waals surface area contributed by atoms with E-state index in [9.17, 15) is 5.11 Å². The summed E-state index contributed by atoms with van der Waals surface area (Å²) in [4.78, 5) is 4.27. The van der Waals surface area contributed by atoms with E-state index in [2.05, 4.69) is 18.8 Å². The van der Waals surface area contributed by atoms with Crippen molar-refractivity contribution in [3.05, 3.63) is 18.2 Å². The second-order valence-corrected chi connectivity index (χ2v) is 4.97. The van der Waals surface area contributed by atoms with Crippen LogP contribution in [-0.4, -0.2) is 26.9 Å². The van der Waals surface area contributed by atoms with Gasteiger partial charge in [0, 0.05) is 32.3 Å². The molecular weight excluding hydrogens is 204 g/mol. The molecule has 0 saturated carbocycles. The lowest BCUT2D eigenvalue weighted by Crippen LogP contribution is -2.46. The molecule has 16 heavy (non-hydrogen) atoms. The fourth-order valence-corrected chi connectivity index (χ4v) is 2.46. The monoisotopic (exact) mass is 224 g/mol. The lowest BCUT2D eigenvalue weighted by molar-refractivity contribution is -0.161. The van der Waals surface area contributed by atoms with Crippen LogP contribution in [0.4, 0.5) is 0 Å². The number of ether oxygens (including phenoxy) is 1. The van der Waals surface area contributed by atoms with Gasteiger partial charge < -0.3 is 14.4 Å². The normalized spacial score (nSPS) is 35.2. The zero-order chi connectivity index (χ0) is 11.8. The first-order valence-electron chi connectivity index (χ1n) is 5.83. The molecule has 1 aromatic rings. The van der Waals surface area contributed by atoms with Crippen molar-refractivity contribution in [3.63, 3.8) is 0 Å². The van der Waals surface area contributed by atoms with E-state index in [0.717, 1.165) is 12.2 Å². The first kappa shape index (κ1) is 11.6. The highest BCUT2D eigenvalue weighted by atomic mass is 16.5. The highest BCUT2D eigenvalue weighted by molar-refractivity contribution is 5.08. The molecule has 0 aromatic carbocycles. The van der Waals surface area contributed by atoms with Gasteiger partial charge in [-0.2, -0.15) is 0 Å². The predicted octanol–water partition coefficient (Wildman–Crippen LogP) is 1.59. The van der Waals surface area contributed by atoms with Gasteiger partial charge in [-0.3, -0.25) is 0 Å². The van der Waals surface area contributed by atoms with Gasteiger partial charge in [0.25, 0.3) is 0 Å². The Morgan fingerprint density at radius 2 is 2.38 bits per heavy atom. The van der Waals surface area contributed by atoms with E-state index >= 15 is 0 Å². The average Bonchev–Trinajstić information content (AvgIpc) is 2.65. The number of aromatic nitrogens is 2. The van der Waals surface area contributed by atoms with Crippen LogP contribution in [0.1, 0.15) is 38.9 Å². The van der Waals surface area contributed by atoms with Gasteiger partial charge in [-0.25, -0.2) is 4.98 Å². The number of aliphatic hydroxyl groups is 1. The van der Waals surface area contributed by atoms with Gasteiger partial charge in [0.05, 0.1) is 12.2 Å². The summed E-state index contributed by atoms with van der Waals surface area (Å²) in [6.07, 6.45) is 5.73. The van der Waals surface area contributed by atoms with Gasteiger partial charge in [-0.15, -0.1) is 0 Å². The fraction of sp³-hybridized carbons (Fsp3) is 0.750. The van der Waals surface area contributed by atoms with Crippen molar-refractivity contribution in [3.8, 4) is 0 Å². The Hall–Kier alpha value is -0.870. The maximum Gasteiger partial charge on any atom is 0.140 e. The van der Waals surface area contributed by atoms with E-state index in [4.69, 9.17) is 4.74 Å². The topological polar surface area (TPSA) is 47.3 Å². The highest BCUT2D eigenvalue weighted by Gasteiger charge is 2.44. The molecule has 2 unspecified atom stereocenters. The summed E-state index contributed by atoms with van der Waals surface area (Å²) < 4.78 is 7.64. The minimum atomic E-state index is -0.846. The van der Waals surface area contributed by atoms with Crippen LogP contribution in [0.5, 0.6) is 0 Å². The zero-order valence-electron chi connectivity index (χ0n) is 10.2. The molecule has 0 spiro atoms. The summed E-state index contributed by atoms with van der Waals surface area (Å²) in [5, 5.41) is 10.7. The predicted molar refractivity (Wildman–Crippen MR) is 61.0 cm³/mol. The smallest absolute Gasteiger partial charge is 0.140 e. The van der Waals surface area contributed by atoms with Crippen LogP contribution in [0.25, 0.3) is 0 Å². The summed E-state index contributed by atoms with van der Waals surface area (Å²) in [6, 6.07) is 0. The van der Waals surface area contributed by atoms with Gasteiger partial charge in [-0.1, -0.05) is 6.92 Å². The molecule has 0 amide bonds. The quantitative estimate of drug-likeness (QED) is 0.829. The first-order chi connectivity index (χ1) is 7.49. The van der Waals surface area contributed by atoms with E-state index in [1.54, 1.807) is 6.20 Å². The van der Waals surface area contributed by atoms with E-state index in [1.807, 2.05) is 17.8 Å². The van der Waals surface area contributed by atoms with E-state index in [0.29, 0.717) is 19.4 Å². The number of imidazole rings is 1. The van der Waals surface area contributed by atoms with Crippen molar-refractivity contribution in [2.24, 2.45) is 7.05 Å². The molecule has 0 aliphatic carbocycles. The molecule has 4 heteroatoms. The summed E-state index contributed by atoms with van der Waals surface area (Å²) in [7, 11) is 1.92. The van der Waals surface area contributed by atoms with E-state index in [-0.39, 0.29) is 5.60 Å². The fourth-order valence-electron chi connectivity index (χ4n) is 2.46. The Labute approximate surface area is 96.3 Å². The minimum Gasteiger partial charge on any atom is -0.382 e. The summed E-state index contributed by atoms with van der Waals surface area (Å²) in [5.41, 5.74) is -1.08. The minimum absolute atomic E-state index is 0.237. The molecule has 0 bridgehead atoms. The zero-order valence-corrected chi connectivity index (χ0v) is 10.2. The molecule has 1 saturated heterocycles. The molecule has 0 radical (unpaired) electrons. The lowest BCUT2D eigenvalue weighted by atomic mass is 9.81. The summed E-state index contributed by atoms with van der Waals surface area (Å²) in [6.45, 7) is 4.73. The Kier molecular flexibility index (Phi) is 2.80. The first-order valence-corrected chi connectivity index (χ1v) is 5.83. The number of hydrogen-bond donors (Lipinski definition) is 1. The Morgan fingerprint density at radius 3 is 2.94 bits per heavy atom. The van der Waals surface area contributed by atoms with Crippen molar-refractivity contribution in [1.29, 1.82) is 0 Å². The van der Waals surface area contributed by atoms with Crippen molar-refractivity contribution in [2.75, 3.05) is 6.61 Å². The maximum atomic E-state index is 10.7. The van der Waals surface area contributed by atoms with E-state index in [1.165, 1.54) is 0 Å². The van der Waals surface area contributed by atoms with Crippen LogP contribution >= 0.6 is 0 Å². The number of rotatable bonds is 2. The Bertz CT molecular complexity index is 377. The van der Waals surface area contributed by atoms with Crippen LogP contribution in [-0.2, 0) is 17.4 Å². The van der Waals surface area contributed by atoms with Crippen LogP contribution < -0.4 is 0 Å². The van der Waals surface area contributed by atoms with Crippen LogP contribution in [0.2, 0.25) is 0 Å². The van der Waals surface area contributed by atoms with Gasteiger partial charge in [-0.05, 0) is 13.3 Å². The Morgan fingerprint density at radius 1 is 1.62 bits per heavy atom. The molecule has 1 aromatic heterocycles. The number of aryl methyl sites for hydroxylation is 1. The molecule has 1 aliphatic rings. The van der Waals surface area contributed by atoms with Crippen molar-refractivity contribution in [2.45, 2.75) is 44.3 Å². The molecule has 2 atom stereocenters. The van der Waals surface area contributed by atoms with Gasteiger partial charge in [0.2, 0.25) is 0 Å². The van der Waals surface area contributed by atoms with Crippen molar-refractivity contribution >= 4 is 0 Å². The van der Waals surface area contributed by atoms with Gasteiger partial charge in [0.1, 0.15) is 11.4 Å². The summed E-state index contributed by atoms with van der Waals surface area (Å²) in [5.74, 6) is 0.746. The van der Waals surface area contributed by atoms with Crippen LogP contribution in [0.15, 0.2) is 12.4 Å². The molecular formula is C12H20N2O2. The molecule has 1 aliphatic heterocycles. The van der Waals surface area contributed by atoms with Gasteiger partial charge >= 0.3 is 0 Å². The molecule has 1 N–H and O–H groups in total. The highest BCUT2D eigenvalue weighted by Crippen LogP contribution is 2.39. The third kappa shape index (κ3) is 1.87. The van der Waals surface area contributed by atoms with Crippen molar-refractivity contribution in [1.82, 2.24) is 9.55 Å². The van der Waals surface area contributed by atoms with E-state index < -0.39 is 5.60 Å². The largest absolute Gasteiger partial charge is 0.382 e. The number of nitrogens with zero attached hydrogens (tertiary/aromatic N) is 2. The molecule has 90 valence electrons.